The largest absolute Gasteiger partial charge is 0.394 e. The summed E-state index contributed by atoms with van der Waals surface area (Å²) in [6.07, 6.45) is 16.4. The first-order valence-electron chi connectivity index (χ1n) is 9.05. The molecule has 0 aromatic rings. The van der Waals surface area contributed by atoms with E-state index in [9.17, 15) is 15.0 Å². The van der Waals surface area contributed by atoms with Crippen molar-refractivity contribution >= 4 is 5.91 Å². The molecule has 0 bridgehead atoms. The number of aliphatic hydroxyl groups excluding tert-OH is 2. The number of allylic oxidation sites excluding steroid dienone is 3. The number of rotatable bonds is 14. The van der Waals surface area contributed by atoms with Crippen LogP contribution in [0.4, 0.5) is 0 Å². The number of amides is 1. The lowest BCUT2D eigenvalue weighted by molar-refractivity contribution is -0.122. The summed E-state index contributed by atoms with van der Waals surface area (Å²) in [5.41, 5.74) is 0. The molecule has 0 spiro atoms. The maximum atomic E-state index is 11.5. The lowest BCUT2D eigenvalue weighted by Crippen LogP contribution is -2.45. The second-order valence-electron chi connectivity index (χ2n) is 5.92. The van der Waals surface area contributed by atoms with Crippen molar-refractivity contribution in [1.29, 1.82) is 0 Å². The molecule has 0 aliphatic heterocycles. The van der Waals surface area contributed by atoms with Crippen LogP contribution in [0.25, 0.3) is 0 Å². The molecule has 4 heteroatoms. The smallest absolute Gasteiger partial charge is 0.220 e. The van der Waals surface area contributed by atoms with E-state index in [0.717, 1.165) is 25.7 Å². The van der Waals surface area contributed by atoms with Crippen LogP contribution in [0.3, 0.4) is 0 Å². The second kappa shape index (κ2) is 15.8. The van der Waals surface area contributed by atoms with Crippen molar-refractivity contribution in [2.45, 2.75) is 83.8 Å². The topological polar surface area (TPSA) is 69.6 Å². The van der Waals surface area contributed by atoms with Gasteiger partial charge in [0.25, 0.3) is 0 Å². The molecule has 0 aliphatic carbocycles. The van der Waals surface area contributed by atoms with Crippen LogP contribution in [0.2, 0.25) is 0 Å². The average Bonchev–Trinajstić information content (AvgIpc) is 2.54. The van der Waals surface area contributed by atoms with Crippen molar-refractivity contribution in [3.05, 3.63) is 24.3 Å². The Balaban J connectivity index is 3.86. The number of carbonyl (C=O) groups is 1. The van der Waals surface area contributed by atoms with Crippen LogP contribution in [0.15, 0.2) is 24.3 Å². The Morgan fingerprint density at radius 1 is 1.00 bits per heavy atom. The van der Waals surface area contributed by atoms with E-state index in [1.807, 2.05) is 13.0 Å². The van der Waals surface area contributed by atoms with Crippen LogP contribution >= 0.6 is 0 Å². The summed E-state index contributed by atoms with van der Waals surface area (Å²) >= 11 is 0. The summed E-state index contributed by atoms with van der Waals surface area (Å²) in [5.74, 6) is -0.134. The third-order valence-electron chi connectivity index (χ3n) is 3.66. The molecule has 0 fully saturated rings. The number of hydrogen-bond acceptors (Lipinski definition) is 3. The van der Waals surface area contributed by atoms with Gasteiger partial charge >= 0.3 is 0 Å². The summed E-state index contributed by atoms with van der Waals surface area (Å²) < 4.78 is 0. The first kappa shape index (κ1) is 21.9. The zero-order valence-corrected chi connectivity index (χ0v) is 14.8. The van der Waals surface area contributed by atoms with Crippen LogP contribution in [-0.4, -0.2) is 34.9 Å². The van der Waals surface area contributed by atoms with Crippen LogP contribution in [0, 0.1) is 0 Å². The fourth-order valence-electron chi connectivity index (χ4n) is 2.23. The van der Waals surface area contributed by atoms with Gasteiger partial charge in [0.2, 0.25) is 5.91 Å². The van der Waals surface area contributed by atoms with Crippen LogP contribution in [-0.2, 0) is 4.79 Å². The van der Waals surface area contributed by atoms with E-state index < -0.39 is 12.1 Å². The normalized spacial score (nSPS) is 14.4. The second-order valence-corrected chi connectivity index (χ2v) is 5.92. The molecule has 0 radical (unpaired) electrons. The van der Waals surface area contributed by atoms with E-state index in [-0.39, 0.29) is 12.5 Å². The highest BCUT2D eigenvalue weighted by molar-refractivity contribution is 5.76. The van der Waals surface area contributed by atoms with Crippen molar-refractivity contribution in [3.63, 3.8) is 0 Å². The Hall–Kier alpha value is -1.13. The Bertz CT molecular complexity index is 340. The maximum absolute atomic E-state index is 11.5. The molecule has 0 aliphatic rings. The number of carbonyl (C=O) groups excluding carboxylic acids is 1. The zero-order chi connectivity index (χ0) is 17.3. The molecule has 1 amide bonds. The van der Waals surface area contributed by atoms with Crippen LogP contribution in [0.1, 0.15) is 71.6 Å². The third-order valence-corrected chi connectivity index (χ3v) is 3.66. The molecule has 2 unspecified atom stereocenters. The van der Waals surface area contributed by atoms with E-state index in [4.69, 9.17) is 0 Å². The first-order chi connectivity index (χ1) is 11.2. The van der Waals surface area contributed by atoms with Gasteiger partial charge in [-0.3, -0.25) is 4.79 Å². The van der Waals surface area contributed by atoms with Gasteiger partial charge in [0.1, 0.15) is 0 Å². The van der Waals surface area contributed by atoms with E-state index in [2.05, 4.69) is 24.4 Å². The summed E-state index contributed by atoms with van der Waals surface area (Å²) in [6.45, 7) is 3.87. The van der Waals surface area contributed by atoms with Gasteiger partial charge in [-0.25, -0.2) is 0 Å². The van der Waals surface area contributed by atoms with Crippen molar-refractivity contribution in [3.8, 4) is 0 Å². The molecule has 0 rings (SSSR count). The van der Waals surface area contributed by atoms with Crippen molar-refractivity contribution in [2.24, 2.45) is 0 Å². The standard InChI is InChI=1S/C19H35NO3/c1-3-5-6-7-8-9-10-11-12-13-15-18(22)17(16-21)20-19(23)14-4-2/h9-10,13,15,17-18,21-22H,3-8,11-12,14,16H2,1-2H3,(H,20,23)/b10-9+,15-13+. The number of aliphatic hydroxyl groups is 2. The number of unbranched alkanes of at least 4 members (excludes halogenated alkanes) is 5. The third kappa shape index (κ3) is 13.0. The minimum Gasteiger partial charge on any atom is -0.394 e. The molecule has 4 nitrogen and oxygen atoms in total. The minimum absolute atomic E-state index is 0.134. The van der Waals surface area contributed by atoms with Crippen LogP contribution in [0.5, 0.6) is 0 Å². The van der Waals surface area contributed by atoms with Crippen molar-refractivity contribution in [1.82, 2.24) is 5.32 Å². The number of nitrogens with one attached hydrogen (secondary N) is 1. The highest BCUT2D eigenvalue weighted by atomic mass is 16.3. The van der Waals surface area contributed by atoms with Crippen LogP contribution < -0.4 is 5.32 Å². The molecule has 23 heavy (non-hydrogen) atoms. The molecule has 0 saturated heterocycles. The predicted octanol–water partition coefficient (Wildman–Crippen LogP) is 3.49. The summed E-state index contributed by atoms with van der Waals surface area (Å²) in [4.78, 5) is 11.5. The molecule has 0 heterocycles. The molecule has 2 atom stereocenters. The highest BCUT2D eigenvalue weighted by Gasteiger charge is 2.17. The summed E-state index contributed by atoms with van der Waals surface area (Å²) in [6, 6.07) is -0.626. The zero-order valence-electron chi connectivity index (χ0n) is 14.8. The van der Waals surface area contributed by atoms with E-state index in [0.29, 0.717) is 6.42 Å². The Labute approximate surface area is 141 Å². The van der Waals surface area contributed by atoms with Gasteiger partial charge in [0, 0.05) is 6.42 Å². The lowest BCUT2D eigenvalue weighted by atomic mass is 10.1. The molecule has 0 saturated carbocycles. The Kier molecular flexibility index (Phi) is 15.0. The summed E-state index contributed by atoms with van der Waals surface area (Å²) in [5, 5.41) is 21.9. The van der Waals surface area contributed by atoms with Gasteiger partial charge in [-0.1, -0.05) is 57.4 Å². The number of hydrogen-bond donors (Lipinski definition) is 3. The van der Waals surface area contributed by atoms with E-state index >= 15 is 0 Å². The average molecular weight is 325 g/mol. The minimum atomic E-state index is -0.848. The molecular formula is C19H35NO3. The van der Waals surface area contributed by atoms with E-state index in [1.54, 1.807) is 6.08 Å². The fraction of sp³-hybridized carbons (Fsp3) is 0.737. The van der Waals surface area contributed by atoms with Crippen molar-refractivity contribution < 1.29 is 15.0 Å². The Morgan fingerprint density at radius 2 is 1.70 bits per heavy atom. The molecule has 3 N–H and O–H groups in total. The van der Waals surface area contributed by atoms with Gasteiger partial charge in [0.15, 0.2) is 0 Å². The molecule has 0 aromatic heterocycles. The SMILES string of the molecule is CCCCCC/C=C/CC/C=C/C(O)C(CO)NC(=O)CCC. The van der Waals surface area contributed by atoms with Gasteiger partial charge in [-0.05, 0) is 32.1 Å². The van der Waals surface area contributed by atoms with Gasteiger partial charge < -0.3 is 15.5 Å². The lowest BCUT2D eigenvalue weighted by Gasteiger charge is -2.19. The first-order valence-corrected chi connectivity index (χ1v) is 9.05. The molecular weight excluding hydrogens is 290 g/mol. The van der Waals surface area contributed by atoms with Gasteiger partial charge in [-0.2, -0.15) is 0 Å². The predicted molar refractivity (Wildman–Crippen MR) is 96.2 cm³/mol. The Morgan fingerprint density at radius 3 is 2.35 bits per heavy atom. The molecule has 0 aromatic carbocycles. The monoisotopic (exact) mass is 325 g/mol. The van der Waals surface area contributed by atoms with Gasteiger partial charge in [0.05, 0.1) is 18.8 Å². The highest BCUT2D eigenvalue weighted by Crippen LogP contribution is 2.04. The molecule has 134 valence electrons. The summed E-state index contributed by atoms with van der Waals surface area (Å²) in [7, 11) is 0. The fourth-order valence-corrected chi connectivity index (χ4v) is 2.23. The quantitative estimate of drug-likeness (QED) is 0.338. The van der Waals surface area contributed by atoms with E-state index in [1.165, 1.54) is 25.7 Å². The van der Waals surface area contributed by atoms with Gasteiger partial charge in [-0.15, -0.1) is 0 Å². The van der Waals surface area contributed by atoms with Crippen molar-refractivity contribution in [2.75, 3.05) is 6.61 Å². The maximum Gasteiger partial charge on any atom is 0.220 e.